The Morgan fingerprint density at radius 2 is 1.76 bits per heavy atom. The number of carbonyl (C=O) groups is 1. The maximum Gasteiger partial charge on any atom is 0.228 e. The van der Waals surface area contributed by atoms with Gasteiger partial charge in [-0.05, 0) is 23.1 Å². The number of ketones is 1. The maximum absolute atomic E-state index is 12.3. The normalized spacial score (nSPS) is 11.5. The largest absolute Gasteiger partial charge is 0.461 e. The van der Waals surface area contributed by atoms with Gasteiger partial charge in [-0.3, -0.25) is 4.79 Å². The van der Waals surface area contributed by atoms with E-state index in [1.165, 1.54) is 6.26 Å². The monoisotopic (exact) mass is 228 g/mol. The zero-order valence-corrected chi connectivity index (χ0v) is 10.4. The van der Waals surface area contributed by atoms with E-state index in [1.807, 2.05) is 24.3 Å². The molecule has 2 rings (SSSR count). The molecule has 0 unspecified atom stereocenters. The van der Waals surface area contributed by atoms with Crippen molar-refractivity contribution < 1.29 is 9.21 Å². The van der Waals surface area contributed by atoms with E-state index in [0.717, 1.165) is 11.1 Å². The minimum atomic E-state index is -0.0567. The highest BCUT2D eigenvalue weighted by molar-refractivity contribution is 6.08. The first-order valence-corrected chi connectivity index (χ1v) is 5.68. The molecule has 0 saturated carbocycles. The Kier molecular flexibility index (Phi) is 2.88. The summed E-state index contributed by atoms with van der Waals surface area (Å²) in [5.41, 5.74) is 1.70. The van der Waals surface area contributed by atoms with Gasteiger partial charge in [0.2, 0.25) is 5.78 Å². The SMILES string of the molecule is CC(C)(C)c1ccccc1C(=O)c1ccco1. The molecule has 2 aromatic rings. The molecule has 2 nitrogen and oxygen atoms in total. The van der Waals surface area contributed by atoms with E-state index in [9.17, 15) is 4.79 Å². The molecule has 0 amide bonds. The van der Waals surface area contributed by atoms with Crippen molar-refractivity contribution in [3.05, 3.63) is 59.5 Å². The van der Waals surface area contributed by atoms with E-state index in [4.69, 9.17) is 4.42 Å². The predicted molar refractivity (Wildman–Crippen MR) is 67.3 cm³/mol. The van der Waals surface area contributed by atoms with Gasteiger partial charge < -0.3 is 4.42 Å². The van der Waals surface area contributed by atoms with Crippen molar-refractivity contribution in [2.75, 3.05) is 0 Å². The molecule has 88 valence electrons. The number of hydrogen-bond acceptors (Lipinski definition) is 2. The van der Waals surface area contributed by atoms with E-state index in [0.29, 0.717) is 5.76 Å². The smallest absolute Gasteiger partial charge is 0.228 e. The van der Waals surface area contributed by atoms with Crippen LogP contribution in [0.4, 0.5) is 0 Å². The number of hydrogen-bond donors (Lipinski definition) is 0. The lowest BCUT2D eigenvalue weighted by molar-refractivity contribution is 0.101. The van der Waals surface area contributed by atoms with Gasteiger partial charge in [0, 0.05) is 5.56 Å². The molecule has 1 aromatic heterocycles. The third kappa shape index (κ3) is 2.31. The first-order chi connectivity index (χ1) is 8.00. The predicted octanol–water partition coefficient (Wildman–Crippen LogP) is 3.81. The molecule has 0 aliphatic carbocycles. The first-order valence-electron chi connectivity index (χ1n) is 5.68. The minimum Gasteiger partial charge on any atom is -0.461 e. The fourth-order valence-electron chi connectivity index (χ4n) is 1.88. The molecule has 0 spiro atoms. The van der Waals surface area contributed by atoms with Gasteiger partial charge in [-0.2, -0.15) is 0 Å². The summed E-state index contributed by atoms with van der Waals surface area (Å²) in [6.45, 7) is 6.30. The number of carbonyl (C=O) groups excluding carboxylic acids is 1. The van der Waals surface area contributed by atoms with Crippen molar-refractivity contribution in [3.8, 4) is 0 Å². The average molecular weight is 228 g/mol. The molecule has 0 aliphatic heterocycles. The topological polar surface area (TPSA) is 30.2 Å². The second kappa shape index (κ2) is 4.21. The Hall–Kier alpha value is -1.83. The number of benzene rings is 1. The molecular formula is C15H16O2. The summed E-state index contributed by atoms with van der Waals surface area (Å²) in [6.07, 6.45) is 1.52. The second-order valence-electron chi connectivity index (χ2n) is 5.10. The lowest BCUT2D eigenvalue weighted by Gasteiger charge is -2.21. The molecule has 0 radical (unpaired) electrons. The Morgan fingerprint density at radius 3 is 2.35 bits per heavy atom. The Labute approximate surface area is 101 Å². The molecule has 17 heavy (non-hydrogen) atoms. The van der Waals surface area contributed by atoms with Gasteiger partial charge in [0.05, 0.1) is 6.26 Å². The molecule has 0 fully saturated rings. The number of furan rings is 1. The Morgan fingerprint density at radius 1 is 1.06 bits per heavy atom. The summed E-state index contributed by atoms with van der Waals surface area (Å²) in [5, 5.41) is 0. The first kappa shape index (κ1) is 11.6. The van der Waals surface area contributed by atoms with Crippen molar-refractivity contribution in [3.63, 3.8) is 0 Å². The summed E-state index contributed by atoms with van der Waals surface area (Å²) in [7, 11) is 0. The molecule has 0 aliphatic rings. The summed E-state index contributed by atoms with van der Waals surface area (Å²) in [5.74, 6) is 0.335. The number of rotatable bonds is 2. The van der Waals surface area contributed by atoms with Gasteiger partial charge in [-0.25, -0.2) is 0 Å². The van der Waals surface area contributed by atoms with Crippen LogP contribution in [0.3, 0.4) is 0 Å². The molecule has 0 N–H and O–H groups in total. The molecule has 1 aromatic carbocycles. The molecule has 0 saturated heterocycles. The van der Waals surface area contributed by atoms with Gasteiger partial charge in [-0.15, -0.1) is 0 Å². The Balaban J connectivity index is 2.50. The van der Waals surface area contributed by atoms with E-state index < -0.39 is 0 Å². The third-order valence-corrected chi connectivity index (χ3v) is 2.72. The van der Waals surface area contributed by atoms with Gasteiger partial charge in [0.15, 0.2) is 5.76 Å². The van der Waals surface area contributed by atoms with Crippen LogP contribution in [-0.2, 0) is 5.41 Å². The van der Waals surface area contributed by atoms with Crippen molar-refractivity contribution in [2.45, 2.75) is 26.2 Å². The fraction of sp³-hybridized carbons (Fsp3) is 0.267. The van der Waals surface area contributed by atoms with E-state index in [2.05, 4.69) is 20.8 Å². The van der Waals surface area contributed by atoms with Crippen molar-refractivity contribution >= 4 is 5.78 Å². The van der Waals surface area contributed by atoms with E-state index in [1.54, 1.807) is 12.1 Å². The molecule has 1 heterocycles. The van der Waals surface area contributed by atoms with Crippen LogP contribution in [-0.4, -0.2) is 5.78 Å². The van der Waals surface area contributed by atoms with Crippen LogP contribution in [0.15, 0.2) is 47.1 Å². The van der Waals surface area contributed by atoms with Gasteiger partial charge in [-0.1, -0.05) is 45.0 Å². The highest BCUT2D eigenvalue weighted by Crippen LogP contribution is 2.27. The van der Waals surface area contributed by atoms with Crippen molar-refractivity contribution in [1.29, 1.82) is 0 Å². The van der Waals surface area contributed by atoms with Gasteiger partial charge in [0.1, 0.15) is 0 Å². The summed E-state index contributed by atoms with van der Waals surface area (Å²) in [4.78, 5) is 12.3. The minimum absolute atomic E-state index is 0.0551. The summed E-state index contributed by atoms with van der Waals surface area (Å²) >= 11 is 0. The van der Waals surface area contributed by atoms with Crippen molar-refractivity contribution in [1.82, 2.24) is 0 Å². The maximum atomic E-state index is 12.3. The fourth-order valence-corrected chi connectivity index (χ4v) is 1.88. The molecule has 0 atom stereocenters. The summed E-state index contributed by atoms with van der Waals surface area (Å²) < 4.78 is 5.17. The lowest BCUT2D eigenvalue weighted by Crippen LogP contribution is -2.17. The zero-order valence-electron chi connectivity index (χ0n) is 10.4. The van der Waals surface area contributed by atoms with Crippen molar-refractivity contribution in [2.24, 2.45) is 0 Å². The van der Waals surface area contributed by atoms with E-state index in [-0.39, 0.29) is 11.2 Å². The summed E-state index contributed by atoms with van der Waals surface area (Å²) in [6, 6.07) is 11.1. The van der Waals surface area contributed by atoms with Crippen LogP contribution in [0.2, 0.25) is 0 Å². The van der Waals surface area contributed by atoms with Crippen LogP contribution in [0.25, 0.3) is 0 Å². The third-order valence-electron chi connectivity index (χ3n) is 2.72. The highest BCUT2D eigenvalue weighted by atomic mass is 16.3. The van der Waals surface area contributed by atoms with Crippen LogP contribution >= 0.6 is 0 Å². The standard InChI is InChI=1S/C15H16O2/c1-15(2,3)12-8-5-4-7-11(12)14(16)13-9-6-10-17-13/h4-10H,1-3H3. The zero-order chi connectivity index (χ0) is 12.5. The quantitative estimate of drug-likeness (QED) is 0.732. The van der Waals surface area contributed by atoms with Crippen LogP contribution < -0.4 is 0 Å². The van der Waals surface area contributed by atoms with Gasteiger partial charge >= 0.3 is 0 Å². The van der Waals surface area contributed by atoms with Crippen LogP contribution in [0, 0.1) is 0 Å². The highest BCUT2D eigenvalue weighted by Gasteiger charge is 2.22. The average Bonchev–Trinajstić information content (AvgIpc) is 2.80. The molecule has 2 heteroatoms. The van der Waals surface area contributed by atoms with Gasteiger partial charge in [0.25, 0.3) is 0 Å². The Bertz CT molecular complexity index is 516. The lowest BCUT2D eigenvalue weighted by atomic mass is 9.82. The molecular weight excluding hydrogens is 212 g/mol. The van der Waals surface area contributed by atoms with Crippen LogP contribution in [0.1, 0.15) is 42.5 Å². The second-order valence-corrected chi connectivity index (χ2v) is 5.10. The van der Waals surface area contributed by atoms with E-state index >= 15 is 0 Å². The van der Waals surface area contributed by atoms with Crippen LogP contribution in [0.5, 0.6) is 0 Å². The molecule has 0 bridgehead atoms.